The Kier molecular flexibility index (Phi) is 5.27. The number of aliphatic imine (C=N–C) groups is 1. The van der Waals surface area contributed by atoms with Gasteiger partial charge in [0.05, 0.1) is 17.2 Å². The molecule has 22 heavy (non-hydrogen) atoms. The molecule has 0 aromatic heterocycles. The number of carbonyl (C=O) groups excluding carboxylic acids is 1. The number of thioether (sulfide) groups is 1. The number of aliphatic hydroxyl groups is 1. The van der Waals surface area contributed by atoms with E-state index in [-0.39, 0.29) is 17.9 Å². The Labute approximate surface area is 134 Å². The molecule has 116 valence electrons. The molecule has 0 saturated heterocycles. The number of aliphatic hydroxyl groups excluding tert-OH is 1. The highest BCUT2D eigenvalue weighted by Crippen LogP contribution is 2.39. The second kappa shape index (κ2) is 7.17. The van der Waals surface area contributed by atoms with Crippen LogP contribution in [0.15, 0.2) is 57.8 Å². The highest BCUT2D eigenvalue weighted by atomic mass is 32.2. The van der Waals surface area contributed by atoms with E-state index in [9.17, 15) is 9.90 Å². The number of carbonyl (C=O) groups is 1. The van der Waals surface area contributed by atoms with Crippen molar-refractivity contribution in [2.24, 2.45) is 4.99 Å². The molecular weight excluding hydrogens is 300 g/mol. The molecule has 0 fully saturated rings. The Morgan fingerprint density at radius 2 is 2.05 bits per heavy atom. The highest BCUT2D eigenvalue weighted by Gasteiger charge is 2.33. The summed E-state index contributed by atoms with van der Waals surface area (Å²) in [5, 5.41) is 10.8. The Balaban J connectivity index is 2.45. The van der Waals surface area contributed by atoms with E-state index >= 15 is 0 Å². The summed E-state index contributed by atoms with van der Waals surface area (Å²) in [6.45, 7) is 1.97. The molecule has 1 N–H and O–H groups in total. The van der Waals surface area contributed by atoms with Gasteiger partial charge in [0.1, 0.15) is 16.4 Å². The molecule has 0 amide bonds. The minimum atomic E-state index is -0.565. The number of hydrogen-bond acceptors (Lipinski definition) is 6. The minimum absolute atomic E-state index is 0.0909. The van der Waals surface area contributed by atoms with E-state index in [0.717, 1.165) is 0 Å². The van der Waals surface area contributed by atoms with Crippen LogP contribution in [0.1, 0.15) is 6.92 Å². The maximum atomic E-state index is 12.1. The average Bonchev–Trinajstić information content (AvgIpc) is 2.75. The maximum Gasteiger partial charge on any atom is 0.344 e. The SMILES string of the molecule is CCOC(=O)C1=C(O)/C(=C\N(C)C)SC1=Nc1ccccc1. The largest absolute Gasteiger partial charge is 0.506 e. The molecule has 0 unspecified atom stereocenters. The quantitative estimate of drug-likeness (QED) is 0.864. The summed E-state index contributed by atoms with van der Waals surface area (Å²) in [5.74, 6) is -0.656. The van der Waals surface area contributed by atoms with Gasteiger partial charge in [-0.1, -0.05) is 30.0 Å². The third-order valence-corrected chi connectivity index (χ3v) is 3.74. The summed E-state index contributed by atoms with van der Waals surface area (Å²) < 4.78 is 5.03. The first-order valence-corrected chi connectivity index (χ1v) is 7.65. The van der Waals surface area contributed by atoms with Crippen LogP contribution in [0.4, 0.5) is 5.69 Å². The maximum absolute atomic E-state index is 12.1. The normalized spacial score (nSPS) is 18.1. The van der Waals surface area contributed by atoms with Crippen molar-refractivity contribution in [3.8, 4) is 0 Å². The van der Waals surface area contributed by atoms with Crippen molar-refractivity contribution in [3.05, 3.63) is 52.8 Å². The molecule has 0 radical (unpaired) electrons. The zero-order valence-corrected chi connectivity index (χ0v) is 13.6. The Bertz CT molecular complexity index is 649. The third kappa shape index (κ3) is 3.71. The minimum Gasteiger partial charge on any atom is -0.506 e. The second-order valence-corrected chi connectivity index (χ2v) is 5.79. The first-order chi connectivity index (χ1) is 10.5. The molecule has 6 heteroatoms. The number of esters is 1. The summed E-state index contributed by atoms with van der Waals surface area (Å²) in [6.07, 6.45) is 1.74. The molecule has 0 saturated carbocycles. The van der Waals surface area contributed by atoms with Crippen molar-refractivity contribution >= 4 is 28.5 Å². The first kappa shape index (κ1) is 16.2. The fourth-order valence-electron chi connectivity index (χ4n) is 1.84. The van der Waals surface area contributed by atoms with E-state index in [1.54, 1.807) is 18.0 Å². The van der Waals surface area contributed by atoms with Crippen LogP contribution in [-0.4, -0.2) is 41.7 Å². The van der Waals surface area contributed by atoms with Crippen LogP contribution in [0, 0.1) is 0 Å². The monoisotopic (exact) mass is 318 g/mol. The van der Waals surface area contributed by atoms with Crippen molar-refractivity contribution in [3.63, 3.8) is 0 Å². The molecule has 1 aliphatic heterocycles. The van der Waals surface area contributed by atoms with Gasteiger partial charge < -0.3 is 14.7 Å². The van der Waals surface area contributed by atoms with Crippen molar-refractivity contribution in [2.45, 2.75) is 6.92 Å². The molecule has 1 aromatic rings. The fourth-order valence-corrected chi connectivity index (χ4v) is 2.94. The van der Waals surface area contributed by atoms with Crippen molar-refractivity contribution in [1.29, 1.82) is 0 Å². The number of nitrogens with zero attached hydrogens (tertiary/aromatic N) is 2. The van der Waals surface area contributed by atoms with Gasteiger partial charge in [0, 0.05) is 20.3 Å². The molecular formula is C16H18N2O3S. The van der Waals surface area contributed by atoms with Crippen LogP contribution in [0.2, 0.25) is 0 Å². The summed E-state index contributed by atoms with van der Waals surface area (Å²) >= 11 is 1.25. The van der Waals surface area contributed by atoms with Gasteiger partial charge in [0.15, 0.2) is 0 Å². The third-order valence-electron chi connectivity index (χ3n) is 2.73. The standard InChI is InChI=1S/C16H18N2O3S/c1-4-21-16(20)13-14(19)12(10-18(2)3)22-15(13)17-11-8-6-5-7-9-11/h5-10,19H,4H2,1-3H3/b12-10+,17-15?. The zero-order chi connectivity index (χ0) is 16.1. The Morgan fingerprint density at radius 3 is 2.64 bits per heavy atom. The van der Waals surface area contributed by atoms with Gasteiger partial charge in [-0.2, -0.15) is 0 Å². The van der Waals surface area contributed by atoms with Crippen molar-refractivity contribution < 1.29 is 14.6 Å². The smallest absolute Gasteiger partial charge is 0.344 e. The van der Waals surface area contributed by atoms with Crippen LogP contribution in [0.5, 0.6) is 0 Å². The van der Waals surface area contributed by atoms with Gasteiger partial charge in [0.2, 0.25) is 0 Å². The topological polar surface area (TPSA) is 62.1 Å². The van der Waals surface area contributed by atoms with Crippen LogP contribution in [-0.2, 0) is 9.53 Å². The highest BCUT2D eigenvalue weighted by molar-refractivity contribution is 8.18. The Morgan fingerprint density at radius 1 is 1.36 bits per heavy atom. The molecule has 0 bridgehead atoms. The van der Waals surface area contributed by atoms with Crippen molar-refractivity contribution in [2.75, 3.05) is 20.7 Å². The number of hydrogen-bond donors (Lipinski definition) is 1. The predicted octanol–water partition coefficient (Wildman–Crippen LogP) is 3.24. The zero-order valence-electron chi connectivity index (χ0n) is 12.7. The fraction of sp³-hybridized carbons (Fsp3) is 0.250. The van der Waals surface area contributed by atoms with Gasteiger partial charge >= 0.3 is 5.97 Å². The molecule has 1 aliphatic rings. The lowest BCUT2D eigenvalue weighted by atomic mass is 10.2. The van der Waals surface area contributed by atoms with E-state index in [0.29, 0.717) is 15.6 Å². The van der Waals surface area contributed by atoms with Crippen LogP contribution in [0.3, 0.4) is 0 Å². The summed E-state index contributed by atoms with van der Waals surface area (Å²) in [5.41, 5.74) is 0.828. The van der Waals surface area contributed by atoms with E-state index in [2.05, 4.69) is 4.99 Å². The van der Waals surface area contributed by atoms with Gasteiger partial charge in [-0.3, -0.25) is 0 Å². The number of ether oxygens (including phenoxy) is 1. The summed E-state index contributed by atoms with van der Waals surface area (Å²) in [4.78, 5) is 18.9. The lowest BCUT2D eigenvalue weighted by Gasteiger charge is -2.06. The van der Waals surface area contributed by atoms with E-state index in [1.165, 1.54) is 11.8 Å². The van der Waals surface area contributed by atoms with Crippen LogP contribution >= 0.6 is 11.8 Å². The van der Waals surface area contributed by atoms with Gasteiger partial charge in [-0.15, -0.1) is 0 Å². The van der Waals surface area contributed by atoms with Crippen LogP contribution in [0.25, 0.3) is 0 Å². The van der Waals surface area contributed by atoms with Crippen LogP contribution < -0.4 is 0 Å². The van der Waals surface area contributed by atoms with Gasteiger partial charge in [-0.05, 0) is 19.1 Å². The molecule has 0 aliphatic carbocycles. The molecule has 0 atom stereocenters. The number of rotatable bonds is 4. The van der Waals surface area contributed by atoms with Gasteiger partial charge in [-0.25, -0.2) is 9.79 Å². The lowest BCUT2D eigenvalue weighted by Crippen LogP contribution is -2.12. The molecule has 0 spiro atoms. The van der Waals surface area contributed by atoms with E-state index in [1.807, 2.05) is 44.4 Å². The Hall–Kier alpha value is -2.21. The molecule has 1 aromatic carbocycles. The van der Waals surface area contributed by atoms with Gasteiger partial charge in [0.25, 0.3) is 0 Å². The summed E-state index contributed by atoms with van der Waals surface area (Å²) in [6, 6.07) is 9.29. The first-order valence-electron chi connectivity index (χ1n) is 6.84. The molecule has 1 heterocycles. The molecule has 5 nitrogen and oxygen atoms in total. The predicted molar refractivity (Wildman–Crippen MR) is 89.2 cm³/mol. The number of para-hydroxylation sites is 1. The van der Waals surface area contributed by atoms with E-state index in [4.69, 9.17) is 4.74 Å². The van der Waals surface area contributed by atoms with E-state index < -0.39 is 5.97 Å². The molecule has 2 rings (SSSR count). The summed E-state index contributed by atoms with van der Waals surface area (Å²) in [7, 11) is 3.69. The average molecular weight is 318 g/mol. The number of benzene rings is 1. The second-order valence-electron chi connectivity index (χ2n) is 4.76. The van der Waals surface area contributed by atoms with Crippen molar-refractivity contribution in [1.82, 2.24) is 4.90 Å². The lowest BCUT2D eigenvalue weighted by molar-refractivity contribution is -0.138.